The molecule has 28 heavy (non-hydrogen) atoms. The number of amides is 1. The first-order valence-corrected chi connectivity index (χ1v) is 12.3. The van der Waals surface area contributed by atoms with E-state index in [4.69, 9.17) is 14.0 Å². The monoisotopic (exact) mass is 410 g/mol. The Morgan fingerprint density at radius 2 is 1.75 bits per heavy atom. The summed E-state index contributed by atoms with van der Waals surface area (Å²) in [6.07, 6.45) is 0.813. The van der Waals surface area contributed by atoms with Gasteiger partial charge in [0, 0.05) is 6.20 Å². The van der Waals surface area contributed by atoms with Crippen molar-refractivity contribution in [2.24, 2.45) is 0 Å². The van der Waals surface area contributed by atoms with Gasteiger partial charge in [0.2, 0.25) is 0 Å². The Kier molecular flexibility index (Phi) is 7.79. The van der Waals surface area contributed by atoms with E-state index in [9.17, 15) is 9.59 Å². The Hall–Kier alpha value is -1.93. The third-order valence-electron chi connectivity index (χ3n) is 4.72. The summed E-state index contributed by atoms with van der Waals surface area (Å²) in [7, 11) is -1.85. The van der Waals surface area contributed by atoms with Gasteiger partial charge in [-0.1, -0.05) is 26.8 Å². The minimum atomic E-state index is -1.85. The fourth-order valence-corrected chi connectivity index (χ4v) is 2.81. The van der Waals surface area contributed by atoms with Crippen LogP contribution in [0.25, 0.3) is 0 Å². The Labute approximate surface area is 169 Å². The van der Waals surface area contributed by atoms with E-state index in [0.29, 0.717) is 12.2 Å². The summed E-state index contributed by atoms with van der Waals surface area (Å²) < 4.78 is 11.2. The molecule has 1 rings (SSSR count). The molecule has 0 aliphatic heterocycles. The molecule has 7 nitrogen and oxygen atoms in total. The zero-order valence-electron chi connectivity index (χ0n) is 18.5. The van der Waals surface area contributed by atoms with E-state index in [1.165, 1.54) is 0 Å². The van der Waals surface area contributed by atoms with Crippen LogP contribution >= 0.6 is 0 Å². The lowest BCUT2D eigenvalue weighted by Gasteiger charge is -2.36. The summed E-state index contributed by atoms with van der Waals surface area (Å²) in [5, 5.41) is 0.131. The summed E-state index contributed by atoms with van der Waals surface area (Å²) in [5.74, 6) is -1.18. The molecule has 1 aromatic rings. The third-order valence-corrected chi connectivity index (χ3v) is 9.20. The number of hydroxylamine groups is 1. The van der Waals surface area contributed by atoms with Crippen LogP contribution in [0.5, 0.6) is 0 Å². The highest BCUT2D eigenvalue weighted by Crippen LogP contribution is 2.37. The summed E-state index contributed by atoms with van der Waals surface area (Å²) in [4.78, 5) is 32.9. The molecule has 8 heteroatoms. The van der Waals surface area contributed by atoms with Crippen molar-refractivity contribution in [1.29, 1.82) is 0 Å². The van der Waals surface area contributed by atoms with Gasteiger partial charge in [-0.2, -0.15) is 0 Å². The molecule has 1 heterocycles. The molecule has 0 aromatic carbocycles. The van der Waals surface area contributed by atoms with Crippen LogP contribution in [0, 0.1) is 0 Å². The number of nitrogens with zero attached hydrogens (tertiary/aromatic N) is 1. The highest BCUT2D eigenvalue weighted by Gasteiger charge is 2.37. The molecule has 0 saturated heterocycles. The fourth-order valence-electron chi connectivity index (χ4n) is 1.86. The van der Waals surface area contributed by atoms with E-state index in [1.807, 2.05) is 17.6 Å². The highest BCUT2D eigenvalue weighted by molar-refractivity contribution is 6.74. The van der Waals surface area contributed by atoms with E-state index in [1.54, 1.807) is 33.9 Å². The zero-order chi connectivity index (χ0) is 21.8. The first-order valence-electron chi connectivity index (χ1n) is 9.41. The molecule has 0 radical (unpaired) electrons. The van der Waals surface area contributed by atoms with Crippen LogP contribution in [0.3, 0.4) is 0 Å². The molecule has 1 aromatic heterocycles. The molecule has 158 valence electrons. The Morgan fingerprint density at radius 3 is 2.21 bits per heavy atom. The SMILES string of the molecule is CC(C(=O)ONC(=O)OC(C)(C)C)c1ccc(CO[Si](C)(C)C(C)(C)C)nc1. The van der Waals surface area contributed by atoms with Crippen molar-refractivity contribution in [3.8, 4) is 0 Å². The number of nitrogens with one attached hydrogen (secondary N) is 1. The van der Waals surface area contributed by atoms with Crippen LogP contribution in [-0.4, -0.2) is 31.0 Å². The maximum Gasteiger partial charge on any atom is 0.441 e. The van der Waals surface area contributed by atoms with Crippen molar-refractivity contribution >= 4 is 20.4 Å². The van der Waals surface area contributed by atoms with Crippen molar-refractivity contribution in [2.45, 2.75) is 84.7 Å². The van der Waals surface area contributed by atoms with Crippen LogP contribution in [0.15, 0.2) is 18.3 Å². The van der Waals surface area contributed by atoms with Gasteiger partial charge in [-0.15, -0.1) is 5.48 Å². The van der Waals surface area contributed by atoms with E-state index in [0.717, 1.165) is 5.69 Å². The number of hydrogen-bond acceptors (Lipinski definition) is 6. The fraction of sp³-hybridized carbons (Fsp3) is 0.650. The highest BCUT2D eigenvalue weighted by atomic mass is 28.4. The number of pyridine rings is 1. The average Bonchev–Trinajstić information content (AvgIpc) is 2.55. The topological polar surface area (TPSA) is 86.8 Å². The van der Waals surface area contributed by atoms with E-state index < -0.39 is 31.9 Å². The van der Waals surface area contributed by atoms with Gasteiger partial charge in [-0.3, -0.25) is 4.98 Å². The van der Waals surface area contributed by atoms with Gasteiger partial charge in [-0.05, 0) is 57.5 Å². The number of carbonyl (C=O) groups excluding carboxylic acids is 2. The minimum absolute atomic E-state index is 0.131. The predicted molar refractivity (Wildman–Crippen MR) is 110 cm³/mol. The smallest absolute Gasteiger partial charge is 0.441 e. The van der Waals surface area contributed by atoms with Gasteiger partial charge in [0.1, 0.15) is 5.60 Å². The van der Waals surface area contributed by atoms with Gasteiger partial charge >= 0.3 is 12.1 Å². The van der Waals surface area contributed by atoms with E-state index >= 15 is 0 Å². The lowest BCUT2D eigenvalue weighted by Crippen LogP contribution is -2.40. The summed E-state index contributed by atoms with van der Waals surface area (Å²) in [6, 6.07) is 3.66. The number of carbonyl (C=O) groups is 2. The second-order valence-electron chi connectivity index (χ2n) is 9.38. The summed E-state index contributed by atoms with van der Waals surface area (Å²) in [5.41, 5.74) is 2.83. The van der Waals surface area contributed by atoms with Gasteiger partial charge < -0.3 is 14.0 Å². The van der Waals surface area contributed by atoms with Gasteiger partial charge in [-0.25, -0.2) is 9.59 Å². The quantitative estimate of drug-likeness (QED) is 0.560. The number of hydrogen-bond donors (Lipinski definition) is 1. The lowest BCUT2D eigenvalue weighted by atomic mass is 10.0. The summed E-state index contributed by atoms with van der Waals surface area (Å²) >= 11 is 0. The molecule has 1 unspecified atom stereocenters. The molecule has 0 aliphatic carbocycles. The van der Waals surface area contributed by atoms with Crippen LogP contribution in [0.2, 0.25) is 18.1 Å². The molecule has 0 bridgehead atoms. The van der Waals surface area contributed by atoms with Crippen molar-refractivity contribution in [3.05, 3.63) is 29.6 Å². The summed E-state index contributed by atoms with van der Waals surface area (Å²) in [6.45, 7) is 18.2. The Bertz CT molecular complexity index is 675. The van der Waals surface area contributed by atoms with E-state index in [2.05, 4.69) is 38.8 Å². The maximum absolute atomic E-state index is 12.1. The number of aromatic nitrogens is 1. The Balaban J connectivity index is 2.60. The molecular formula is C20H34N2O5Si. The predicted octanol–water partition coefficient (Wildman–Crippen LogP) is 4.69. The number of ether oxygens (including phenoxy) is 1. The molecular weight excluding hydrogens is 376 g/mol. The second kappa shape index (κ2) is 9.04. The number of rotatable bonds is 5. The standard InChI is InChI=1S/C20H34N2O5Si/c1-14(17(23)27-22-18(24)26-19(2,3)4)15-10-11-16(21-12-15)13-25-28(8,9)20(5,6)7/h10-12,14H,13H2,1-9H3,(H,22,24). The largest absolute Gasteiger partial charge is 0.442 e. The van der Waals surface area contributed by atoms with Crippen LogP contribution in [-0.2, 0) is 25.4 Å². The minimum Gasteiger partial charge on any atom is -0.442 e. The van der Waals surface area contributed by atoms with Crippen LogP contribution < -0.4 is 5.48 Å². The van der Waals surface area contributed by atoms with Crippen molar-refractivity contribution in [1.82, 2.24) is 10.5 Å². The van der Waals surface area contributed by atoms with E-state index in [-0.39, 0.29) is 5.04 Å². The lowest BCUT2D eigenvalue weighted by molar-refractivity contribution is -0.152. The van der Waals surface area contributed by atoms with Crippen LogP contribution in [0.4, 0.5) is 4.79 Å². The van der Waals surface area contributed by atoms with Crippen molar-refractivity contribution in [3.63, 3.8) is 0 Å². The Morgan fingerprint density at radius 1 is 1.14 bits per heavy atom. The third kappa shape index (κ3) is 7.59. The molecule has 0 aliphatic rings. The van der Waals surface area contributed by atoms with Crippen LogP contribution in [0.1, 0.15) is 65.6 Å². The van der Waals surface area contributed by atoms with Gasteiger partial charge in [0.25, 0.3) is 0 Å². The molecule has 1 amide bonds. The zero-order valence-corrected chi connectivity index (χ0v) is 19.5. The molecule has 1 N–H and O–H groups in total. The average molecular weight is 411 g/mol. The molecule has 0 spiro atoms. The van der Waals surface area contributed by atoms with Gasteiger partial charge in [0.05, 0.1) is 18.2 Å². The molecule has 0 fully saturated rings. The molecule has 0 saturated carbocycles. The van der Waals surface area contributed by atoms with Gasteiger partial charge in [0.15, 0.2) is 8.32 Å². The first-order chi connectivity index (χ1) is 12.6. The second-order valence-corrected chi connectivity index (χ2v) is 14.2. The maximum atomic E-state index is 12.1. The van der Waals surface area contributed by atoms with Crippen molar-refractivity contribution in [2.75, 3.05) is 0 Å². The normalized spacial score (nSPS) is 13.6. The molecule has 1 atom stereocenters. The van der Waals surface area contributed by atoms with Crippen molar-refractivity contribution < 1.29 is 23.6 Å². The first kappa shape index (κ1) is 24.1.